The van der Waals surface area contributed by atoms with Crippen molar-refractivity contribution >= 4 is 38.4 Å². The normalized spacial score (nSPS) is 28.9. The van der Waals surface area contributed by atoms with Crippen LogP contribution >= 0.6 is 27.3 Å². The minimum absolute atomic E-state index is 0.618. The summed E-state index contributed by atoms with van der Waals surface area (Å²) in [7, 11) is 0. The van der Waals surface area contributed by atoms with Gasteiger partial charge in [0, 0.05) is 5.38 Å². The summed E-state index contributed by atoms with van der Waals surface area (Å²) >= 11 is 4.70. The maximum Gasteiger partial charge on any atom is 0.329 e. The number of carboxylic acid groups (broad SMARTS) is 1. The quantitative estimate of drug-likeness (QED) is 0.897. The van der Waals surface area contributed by atoms with Gasteiger partial charge in [-0.1, -0.05) is 6.92 Å². The topological polar surface area (TPSA) is 62.2 Å². The SMILES string of the molecule is CC1CCC(Nc2nc(Br)cs2)(C(=O)O)CC1. The maximum absolute atomic E-state index is 11.5. The first-order valence-electron chi connectivity index (χ1n) is 5.64. The molecule has 2 N–H and O–H groups in total. The highest BCUT2D eigenvalue weighted by molar-refractivity contribution is 9.10. The van der Waals surface area contributed by atoms with Gasteiger partial charge in [-0.2, -0.15) is 0 Å². The van der Waals surface area contributed by atoms with Crippen LogP contribution < -0.4 is 5.32 Å². The molecular weight excluding hydrogens is 304 g/mol. The number of aromatic nitrogens is 1. The van der Waals surface area contributed by atoms with E-state index < -0.39 is 11.5 Å². The Morgan fingerprint density at radius 3 is 2.76 bits per heavy atom. The molecule has 6 heteroatoms. The number of nitrogens with zero attached hydrogens (tertiary/aromatic N) is 1. The molecule has 0 spiro atoms. The van der Waals surface area contributed by atoms with Gasteiger partial charge in [-0.15, -0.1) is 11.3 Å². The second-order valence-electron chi connectivity index (χ2n) is 4.67. The summed E-state index contributed by atoms with van der Waals surface area (Å²) in [5, 5.41) is 15.1. The average molecular weight is 319 g/mol. The van der Waals surface area contributed by atoms with E-state index >= 15 is 0 Å². The zero-order chi connectivity index (χ0) is 12.5. The van der Waals surface area contributed by atoms with Crippen LogP contribution in [0.5, 0.6) is 0 Å². The van der Waals surface area contributed by atoms with E-state index in [0.29, 0.717) is 23.9 Å². The van der Waals surface area contributed by atoms with Crippen molar-refractivity contribution in [3.63, 3.8) is 0 Å². The number of halogens is 1. The van der Waals surface area contributed by atoms with Crippen LogP contribution in [0.25, 0.3) is 0 Å². The molecule has 17 heavy (non-hydrogen) atoms. The van der Waals surface area contributed by atoms with E-state index in [1.807, 2.05) is 5.38 Å². The van der Waals surface area contributed by atoms with Crippen molar-refractivity contribution < 1.29 is 9.90 Å². The van der Waals surface area contributed by atoms with Crippen LogP contribution in [-0.4, -0.2) is 21.6 Å². The third-order valence-electron chi connectivity index (χ3n) is 3.36. The Balaban J connectivity index is 2.15. The van der Waals surface area contributed by atoms with Crippen molar-refractivity contribution in [2.24, 2.45) is 5.92 Å². The van der Waals surface area contributed by atoms with Gasteiger partial charge in [0.05, 0.1) is 0 Å². The second kappa shape index (κ2) is 4.94. The monoisotopic (exact) mass is 318 g/mol. The van der Waals surface area contributed by atoms with Crippen LogP contribution in [0.4, 0.5) is 5.13 Å². The van der Waals surface area contributed by atoms with Crippen LogP contribution in [0.1, 0.15) is 32.6 Å². The molecule has 2 rings (SSSR count). The maximum atomic E-state index is 11.5. The van der Waals surface area contributed by atoms with Gasteiger partial charge in [-0.25, -0.2) is 9.78 Å². The summed E-state index contributed by atoms with van der Waals surface area (Å²) in [5.41, 5.74) is -0.830. The van der Waals surface area contributed by atoms with E-state index in [-0.39, 0.29) is 0 Å². The van der Waals surface area contributed by atoms with Crippen LogP contribution in [-0.2, 0) is 4.79 Å². The number of hydrogen-bond donors (Lipinski definition) is 2. The Bertz CT molecular complexity index is 413. The third kappa shape index (κ3) is 2.80. The summed E-state index contributed by atoms with van der Waals surface area (Å²) in [6.45, 7) is 2.17. The van der Waals surface area contributed by atoms with Gasteiger partial charge < -0.3 is 10.4 Å². The van der Waals surface area contributed by atoms with Crippen molar-refractivity contribution in [2.75, 3.05) is 5.32 Å². The molecule has 1 saturated carbocycles. The minimum atomic E-state index is -0.830. The summed E-state index contributed by atoms with van der Waals surface area (Å²) < 4.78 is 0.745. The minimum Gasteiger partial charge on any atom is -0.480 e. The molecule has 1 heterocycles. The number of anilines is 1. The van der Waals surface area contributed by atoms with Gasteiger partial charge in [0.15, 0.2) is 5.13 Å². The smallest absolute Gasteiger partial charge is 0.329 e. The Kier molecular flexibility index (Phi) is 3.73. The van der Waals surface area contributed by atoms with Crippen molar-refractivity contribution in [1.29, 1.82) is 0 Å². The molecule has 0 bridgehead atoms. The van der Waals surface area contributed by atoms with Crippen molar-refractivity contribution in [1.82, 2.24) is 4.98 Å². The molecular formula is C11H15BrN2O2S. The molecule has 94 valence electrons. The van der Waals surface area contributed by atoms with Crippen LogP contribution in [0, 0.1) is 5.92 Å². The number of carbonyl (C=O) groups is 1. The lowest BCUT2D eigenvalue weighted by Crippen LogP contribution is -2.48. The molecule has 1 aliphatic rings. The lowest BCUT2D eigenvalue weighted by Gasteiger charge is -2.36. The first-order valence-corrected chi connectivity index (χ1v) is 7.32. The number of nitrogens with one attached hydrogen (secondary N) is 1. The highest BCUT2D eigenvalue weighted by atomic mass is 79.9. The lowest BCUT2D eigenvalue weighted by molar-refractivity contribution is -0.143. The zero-order valence-corrected chi connectivity index (χ0v) is 12.0. The highest BCUT2D eigenvalue weighted by Crippen LogP contribution is 2.36. The highest BCUT2D eigenvalue weighted by Gasteiger charge is 2.41. The predicted molar refractivity (Wildman–Crippen MR) is 71.4 cm³/mol. The predicted octanol–water partition coefficient (Wildman–Crippen LogP) is 3.35. The lowest BCUT2D eigenvalue weighted by atomic mass is 9.77. The van der Waals surface area contributed by atoms with E-state index in [1.54, 1.807) is 0 Å². The number of thiazole rings is 1. The van der Waals surface area contributed by atoms with Gasteiger partial charge >= 0.3 is 5.97 Å². The van der Waals surface area contributed by atoms with Crippen LogP contribution in [0.15, 0.2) is 9.98 Å². The van der Waals surface area contributed by atoms with E-state index in [2.05, 4.69) is 33.2 Å². The summed E-state index contributed by atoms with van der Waals surface area (Å²) in [5.74, 6) is -0.150. The van der Waals surface area contributed by atoms with Gasteiger partial charge in [-0.3, -0.25) is 0 Å². The van der Waals surface area contributed by atoms with E-state index in [1.165, 1.54) is 11.3 Å². The van der Waals surface area contributed by atoms with Crippen molar-refractivity contribution in [3.05, 3.63) is 9.98 Å². The summed E-state index contributed by atoms with van der Waals surface area (Å²) in [4.78, 5) is 15.7. The summed E-state index contributed by atoms with van der Waals surface area (Å²) in [6.07, 6.45) is 3.24. The number of rotatable bonds is 3. The van der Waals surface area contributed by atoms with E-state index in [0.717, 1.165) is 17.4 Å². The Morgan fingerprint density at radius 1 is 1.65 bits per heavy atom. The molecule has 0 amide bonds. The first kappa shape index (κ1) is 12.8. The fourth-order valence-corrected chi connectivity index (χ4v) is 3.41. The Morgan fingerprint density at radius 2 is 2.29 bits per heavy atom. The molecule has 0 atom stereocenters. The van der Waals surface area contributed by atoms with Crippen LogP contribution in [0.3, 0.4) is 0 Å². The fraction of sp³-hybridized carbons (Fsp3) is 0.636. The third-order valence-corrected chi connectivity index (χ3v) is 4.83. The molecule has 0 aromatic carbocycles. The van der Waals surface area contributed by atoms with Gasteiger partial charge in [-0.05, 0) is 47.5 Å². The Hall–Kier alpha value is -0.620. The van der Waals surface area contributed by atoms with Gasteiger partial charge in [0.1, 0.15) is 10.1 Å². The first-order chi connectivity index (χ1) is 8.02. The molecule has 1 aliphatic carbocycles. The van der Waals surface area contributed by atoms with Gasteiger partial charge in [0.25, 0.3) is 0 Å². The largest absolute Gasteiger partial charge is 0.480 e. The number of carboxylic acids is 1. The molecule has 0 unspecified atom stereocenters. The fourth-order valence-electron chi connectivity index (χ4n) is 2.16. The number of aliphatic carboxylic acids is 1. The van der Waals surface area contributed by atoms with Crippen molar-refractivity contribution in [2.45, 2.75) is 38.1 Å². The summed E-state index contributed by atoms with van der Waals surface area (Å²) in [6, 6.07) is 0. The molecule has 1 aromatic heterocycles. The second-order valence-corrected chi connectivity index (χ2v) is 6.34. The van der Waals surface area contributed by atoms with Crippen LogP contribution in [0.2, 0.25) is 0 Å². The zero-order valence-electron chi connectivity index (χ0n) is 9.57. The standard InChI is InChI=1S/C11H15BrN2O2S/c1-7-2-4-11(5-3-7,9(15)16)14-10-13-8(12)6-17-10/h6-7H,2-5H2,1H3,(H,13,14)(H,15,16). The molecule has 0 saturated heterocycles. The molecule has 1 aromatic rings. The molecule has 0 aliphatic heterocycles. The van der Waals surface area contributed by atoms with E-state index in [4.69, 9.17) is 0 Å². The molecule has 1 fully saturated rings. The van der Waals surface area contributed by atoms with Crippen molar-refractivity contribution in [3.8, 4) is 0 Å². The van der Waals surface area contributed by atoms with E-state index in [9.17, 15) is 9.90 Å². The average Bonchev–Trinajstić information content (AvgIpc) is 2.67. The van der Waals surface area contributed by atoms with Gasteiger partial charge in [0.2, 0.25) is 0 Å². The molecule has 0 radical (unpaired) electrons. The molecule has 4 nitrogen and oxygen atoms in total. The Labute approximate surface area is 113 Å². The number of hydrogen-bond acceptors (Lipinski definition) is 4.